The molecule has 2 aromatic carbocycles. The molecule has 1 heterocycles. The van der Waals surface area contributed by atoms with Crippen molar-refractivity contribution in [3.63, 3.8) is 0 Å². The normalized spacial score (nSPS) is 11.3. The van der Waals surface area contributed by atoms with Gasteiger partial charge in [0, 0.05) is 11.1 Å². The number of methoxy groups -OCH3 is 1. The maximum absolute atomic E-state index is 13.5. The number of rotatable bonds is 7. The van der Waals surface area contributed by atoms with Gasteiger partial charge < -0.3 is 20.5 Å². The number of amides is 2. The number of hydrogen-bond donors (Lipinski definition) is 2. The zero-order chi connectivity index (χ0) is 22.6. The molecule has 0 fully saturated rings. The van der Waals surface area contributed by atoms with Gasteiger partial charge in [-0.05, 0) is 55.5 Å². The third-order valence-corrected chi connectivity index (χ3v) is 4.51. The average molecular weight is 434 g/mol. The molecular formula is C21H21F3N4O3. The topological polar surface area (TPSA) is 91.4 Å². The Morgan fingerprint density at radius 2 is 1.71 bits per heavy atom. The monoisotopic (exact) mass is 434 g/mol. The number of ether oxygens (including phenoxy) is 2. The highest BCUT2D eigenvalue weighted by Crippen LogP contribution is 2.37. The van der Waals surface area contributed by atoms with Gasteiger partial charge in [-0.3, -0.25) is 0 Å². The second kappa shape index (κ2) is 8.99. The summed E-state index contributed by atoms with van der Waals surface area (Å²) in [4.78, 5) is 10.7. The summed E-state index contributed by atoms with van der Waals surface area (Å²) in [5, 5.41) is 6.25. The number of nitrogens with one attached hydrogen (secondary N) is 1. The molecule has 0 unspecified atom stereocenters. The maximum atomic E-state index is 13.5. The van der Waals surface area contributed by atoms with Crippen molar-refractivity contribution in [3.8, 4) is 28.4 Å². The van der Waals surface area contributed by atoms with Gasteiger partial charge in [-0.15, -0.1) is 0 Å². The van der Waals surface area contributed by atoms with Gasteiger partial charge in [-0.2, -0.15) is 18.3 Å². The number of benzene rings is 2. The number of urea groups is 1. The van der Waals surface area contributed by atoms with E-state index in [1.165, 1.54) is 18.7 Å². The van der Waals surface area contributed by atoms with Crippen LogP contribution in [0.2, 0.25) is 0 Å². The summed E-state index contributed by atoms with van der Waals surface area (Å²) in [6.45, 7) is 1.82. The molecule has 1 aromatic heterocycles. The van der Waals surface area contributed by atoms with Crippen LogP contribution in [0.15, 0.2) is 48.5 Å². The minimum absolute atomic E-state index is 0.0163. The Morgan fingerprint density at radius 1 is 1.10 bits per heavy atom. The van der Waals surface area contributed by atoms with Crippen molar-refractivity contribution in [3.05, 3.63) is 59.8 Å². The van der Waals surface area contributed by atoms with E-state index in [0.29, 0.717) is 28.4 Å². The summed E-state index contributed by atoms with van der Waals surface area (Å²) in [5.74, 6) is 1.08. The minimum atomic E-state index is -4.59. The molecule has 0 saturated heterocycles. The van der Waals surface area contributed by atoms with Crippen molar-refractivity contribution in [1.29, 1.82) is 0 Å². The number of aromatic nitrogens is 2. The van der Waals surface area contributed by atoms with E-state index in [-0.39, 0.29) is 18.7 Å². The van der Waals surface area contributed by atoms with Crippen LogP contribution in [0, 0.1) is 6.92 Å². The van der Waals surface area contributed by atoms with E-state index in [9.17, 15) is 18.0 Å². The summed E-state index contributed by atoms with van der Waals surface area (Å²) in [6.07, 6.45) is -4.59. The van der Waals surface area contributed by atoms with Gasteiger partial charge in [0.2, 0.25) is 0 Å². The Bertz CT molecular complexity index is 1050. The van der Waals surface area contributed by atoms with Gasteiger partial charge in [-0.25, -0.2) is 9.48 Å². The van der Waals surface area contributed by atoms with E-state index in [2.05, 4.69) is 10.4 Å². The first-order chi connectivity index (χ1) is 14.7. The van der Waals surface area contributed by atoms with Crippen LogP contribution < -0.4 is 20.5 Å². The molecule has 2 amide bonds. The first-order valence-electron chi connectivity index (χ1n) is 9.28. The van der Waals surface area contributed by atoms with Crippen LogP contribution in [-0.2, 0) is 6.18 Å². The average Bonchev–Trinajstić information content (AvgIpc) is 3.09. The van der Waals surface area contributed by atoms with Crippen molar-refractivity contribution in [2.24, 2.45) is 5.73 Å². The first kappa shape index (κ1) is 22.0. The summed E-state index contributed by atoms with van der Waals surface area (Å²) < 4.78 is 52.5. The fourth-order valence-electron chi connectivity index (χ4n) is 3.07. The van der Waals surface area contributed by atoms with E-state index < -0.39 is 17.9 Å². The first-order valence-corrected chi connectivity index (χ1v) is 9.28. The van der Waals surface area contributed by atoms with Crippen molar-refractivity contribution < 1.29 is 27.4 Å². The lowest BCUT2D eigenvalue weighted by Gasteiger charge is -2.11. The van der Waals surface area contributed by atoms with Gasteiger partial charge in [0.1, 0.15) is 18.1 Å². The molecule has 0 radical (unpaired) electrons. The van der Waals surface area contributed by atoms with E-state index in [1.807, 2.05) is 0 Å². The van der Waals surface area contributed by atoms with Crippen LogP contribution in [0.1, 0.15) is 11.3 Å². The Kier molecular flexibility index (Phi) is 6.38. The number of halogens is 3. The van der Waals surface area contributed by atoms with Gasteiger partial charge in [0.15, 0.2) is 5.69 Å². The van der Waals surface area contributed by atoms with Crippen molar-refractivity contribution in [2.45, 2.75) is 13.1 Å². The van der Waals surface area contributed by atoms with Crippen molar-refractivity contribution >= 4 is 6.03 Å². The molecule has 0 atom stereocenters. The van der Waals surface area contributed by atoms with Crippen LogP contribution in [0.3, 0.4) is 0 Å². The van der Waals surface area contributed by atoms with Crippen LogP contribution >= 0.6 is 0 Å². The second-order valence-corrected chi connectivity index (χ2v) is 6.59. The lowest BCUT2D eigenvalue weighted by atomic mass is 10.1. The Labute approximate surface area is 176 Å². The van der Waals surface area contributed by atoms with Gasteiger partial charge in [-0.1, -0.05) is 0 Å². The molecule has 3 aromatic rings. The Hall–Kier alpha value is -3.69. The molecule has 3 rings (SSSR count). The molecule has 0 saturated carbocycles. The molecule has 10 heteroatoms. The molecule has 7 nitrogen and oxygen atoms in total. The van der Waals surface area contributed by atoms with Crippen LogP contribution in [0.5, 0.6) is 11.5 Å². The molecule has 0 aliphatic heterocycles. The largest absolute Gasteiger partial charge is 0.497 e. The fraction of sp³-hybridized carbons (Fsp3) is 0.238. The van der Waals surface area contributed by atoms with Crippen LogP contribution in [0.25, 0.3) is 16.9 Å². The van der Waals surface area contributed by atoms with E-state index >= 15 is 0 Å². The summed E-state index contributed by atoms with van der Waals surface area (Å²) in [6, 6.07) is 12.5. The van der Waals surface area contributed by atoms with Crippen molar-refractivity contribution in [2.75, 3.05) is 20.3 Å². The number of alkyl halides is 3. The number of carbonyl (C=O) groups excluding carboxylic acids is 1. The molecule has 0 aliphatic rings. The summed E-state index contributed by atoms with van der Waals surface area (Å²) >= 11 is 0. The lowest BCUT2D eigenvalue weighted by Crippen LogP contribution is -2.32. The van der Waals surface area contributed by atoms with Crippen LogP contribution in [-0.4, -0.2) is 36.1 Å². The number of nitrogens with two attached hydrogens (primary N) is 1. The zero-order valence-corrected chi connectivity index (χ0v) is 16.9. The SMILES string of the molecule is COc1ccc(-n2nc(C(F)(F)F)c(C)c2-c2ccc(OCCNC(N)=O)cc2)cc1. The highest BCUT2D eigenvalue weighted by Gasteiger charge is 2.38. The maximum Gasteiger partial charge on any atom is 0.435 e. The predicted molar refractivity (Wildman–Crippen MR) is 108 cm³/mol. The quantitative estimate of drug-likeness (QED) is 0.552. The number of carbonyl (C=O) groups is 1. The number of nitrogens with zero attached hydrogens (tertiary/aromatic N) is 2. The van der Waals surface area contributed by atoms with Gasteiger partial charge >= 0.3 is 12.2 Å². The highest BCUT2D eigenvalue weighted by atomic mass is 19.4. The predicted octanol–water partition coefficient (Wildman–Crippen LogP) is 3.92. The van der Waals surface area contributed by atoms with Crippen LogP contribution in [0.4, 0.5) is 18.0 Å². The fourth-order valence-corrected chi connectivity index (χ4v) is 3.07. The molecule has 31 heavy (non-hydrogen) atoms. The Balaban J connectivity index is 1.95. The van der Waals surface area contributed by atoms with E-state index in [0.717, 1.165) is 0 Å². The van der Waals surface area contributed by atoms with E-state index in [4.69, 9.17) is 15.2 Å². The zero-order valence-electron chi connectivity index (χ0n) is 16.9. The lowest BCUT2D eigenvalue weighted by molar-refractivity contribution is -0.141. The summed E-state index contributed by atoms with van der Waals surface area (Å²) in [7, 11) is 1.51. The molecular weight excluding hydrogens is 413 g/mol. The van der Waals surface area contributed by atoms with Gasteiger partial charge in [0.25, 0.3) is 0 Å². The van der Waals surface area contributed by atoms with Gasteiger partial charge in [0.05, 0.1) is 25.0 Å². The molecule has 0 aliphatic carbocycles. The number of primary amides is 1. The molecule has 164 valence electrons. The smallest absolute Gasteiger partial charge is 0.435 e. The molecule has 0 bridgehead atoms. The molecule has 0 spiro atoms. The molecule has 3 N–H and O–H groups in total. The third kappa shape index (κ3) is 5.08. The van der Waals surface area contributed by atoms with Crippen molar-refractivity contribution in [1.82, 2.24) is 15.1 Å². The standard InChI is InChI=1S/C21H21F3N4O3/c1-13-18(14-3-7-17(8-4-14)31-12-11-26-20(25)29)28(27-19(13)21(22,23)24)15-5-9-16(30-2)10-6-15/h3-10H,11-12H2,1-2H3,(H3,25,26,29). The highest BCUT2D eigenvalue weighted by molar-refractivity contribution is 5.71. The minimum Gasteiger partial charge on any atom is -0.497 e. The van der Waals surface area contributed by atoms with E-state index in [1.54, 1.807) is 48.5 Å². The summed E-state index contributed by atoms with van der Waals surface area (Å²) in [5.41, 5.74) is 5.37. The third-order valence-electron chi connectivity index (χ3n) is 4.51. The number of hydrogen-bond acceptors (Lipinski definition) is 4. The second-order valence-electron chi connectivity index (χ2n) is 6.59. The Morgan fingerprint density at radius 3 is 2.26 bits per heavy atom.